The first kappa shape index (κ1) is 15.2. The summed E-state index contributed by atoms with van der Waals surface area (Å²) in [5.74, 6) is 1.35. The lowest BCUT2D eigenvalue weighted by molar-refractivity contribution is 0.206. The van der Waals surface area contributed by atoms with Crippen molar-refractivity contribution in [1.82, 2.24) is 20.2 Å². The highest BCUT2D eigenvalue weighted by Crippen LogP contribution is 2.21. The number of likely N-dealkylation sites (N-methyl/N-ethyl adjacent to an activating group) is 1. The topological polar surface area (TPSA) is 66.9 Å². The maximum Gasteiger partial charge on any atom is 0.244 e. The molecule has 6 heteroatoms. The number of nitrogens with one attached hydrogen (secondary N) is 1. The van der Waals surface area contributed by atoms with Gasteiger partial charge in [-0.1, -0.05) is 30.3 Å². The van der Waals surface area contributed by atoms with Gasteiger partial charge in [-0.15, -0.1) is 5.10 Å². The molecule has 0 radical (unpaired) electrons. The van der Waals surface area contributed by atoms with E-state index in [0.717, 1.165) is 23.4 Å². The number of methoxy groups -OCH3 is 1. The van der Waals surface area contributed by atoms with Gasteiger partial charge in [0, 0.05) is 38.0 Å². The predicted molar refractivity (Wildman–Crippen MR) is 90.2 cm³/mol. The summed E-state index contributed by atoms with van der Waals surface area (Å²) in [6.07, 6.45) is 1.81. The molecule has 0 spiro atoms. The Bertz CT molecular complexity index is 739. The molecule has 0 aliphatic heterocycles. The van der Waals surface area contributed by atoms with Gasteiger partial charge >= 0.3 is 0 Å². The first-order chi connectivity index (χ1) is 11.3. The van der Waals surface area contributed by atoms with Crippen molar-refractivity contribution in [2.45, 2.75) is 0 Å². The van der Waals surface area contributed by atoms with Gasteiger partial charge in [-0.25, -0.2) is 0 Å². The zero-order valence-corrected chi connectivity index (χ0v) is 13.2. The molecule has 0 atom stereocenters. The van der Waals surface area contributed by atoms with Crippen molar-refractivity contribution in [2.24, 2.45) is 0 Å². The molecular formula is C17H19N5O. The molecule has 0 saturated carbocycles. The molecule has 0 aliphatic rings. The number of benzene rings is 1. The number of aromatic nitrogens is 4. The lowest BCUT2D eigenvalue weighted by Gasteiger charge is -2.13. The van der Waals surface area contributed by atoms with E-state index in [1.807, 2.05) is 60.6 Å². The van der Waals surface area contributed by atoms with E-state index in [0.29, 0.717) is 18.4 Å². The average Bonchev–Trinajstić information content (AvgIpc) is 3.11. The Kier molecular flexibility index (Phi) is 4.63. The van der Waals surface area contributed by atoms with E-state index < -0.39 is 0 Å². The molecule has 0 fully saturated rings. The van der Waals surface area contributed by atoms with E-state index in [-0.39, 0.29) is 0 Å². The lowest BCUT2D eigenvalue weighted by atomic mass is 10.1. The van der Waals surface area contributed by atoms with Crippen LogP contribution in [0.2, 0.25) is 0 Å². The number of hydrogen-bond acceptors (Lipinski definition) is 5. The van der Waals surface area contributed by atoms with Crippen LogP contribution in [0.5, 0.6) is 0 Å². The third-order valence-corrected chi connectivity index (χ3v) is 3.55. The molecule has 6 nitrogen and oxygen atoms in total. The van der Waals surface area contributed by atoms with Crippen LogP contribution in [0, 0.1) is 0 Å². The Morgan fingerprint density at radius 3 is 2.61 bits per heavy atom. The quantitative estimate of drug-likeness (QED) is 0.758. The van der Waals surface area contributed by atoms with E-state index >= 15 is 0 Å². The summed E-state index contributed by atoms with van der Waals surface area (Å²) >= 11 is 0. The van der Waals surface area contributed by atoms with Gasteiger partial charge in [0.25, 0.3) is 0 Å². The van der Waals surface area contributed by atoms with Crippen LogP contribution >= 0.6 is 0 Å². The first-order valence-electron chi connectivity index (χ1n) is 7.42. The fourth-order valence-electron chi connectivity index (χ4n) is 2.19. The van der Waals surface area contributed by atoms with Crippen molar-refractivity contribution in [3.8, 4) is 22.6 Å². The highest BCUT2D eigenvalue weighted by molar-refractivity contribution is 5.63. The summed E-state index contributed by atoms with van der Waals surface area (Å²) in [6.45, 7) is 1.37. The number of aromatic amines is 1. The van der Waals surface area contributed by atoms with Crippen molar-refractivity contribution in [3.63, 3.8) is 0 Å². The van der Waals surface area contributed by atoms with Crippen LogP contribution < -0.4 is 4.90 Å². The minimum absolute atomic E-state index is 0.633. The van der Waals surface area contributed by atoms with Gasteiger partial charge in [-0.2, -0.15) is 4.98 Å². The molecule has 0 aliphatic carbocycles. The van der Waals surface area contributed by atoms with Crippen molar-refractivity contribution < 1.29 is 4.74 Å². The monoisotopic (exact) mass is 309 g/mol. The van der Waals surface area contributed by atoms with Crippen molar-refractivity contribution in [2.75, 3.05) is 32.2 Å². The van der Waals surface area contributed by atoms with E-state index in [9.17, 15) is 0 Å². The van der Waals surface area contributed by atoms with Crippen LogP contribution in [0.4, 0.5) is 5.95 Å². The number of nitrogens with zero attached hydrogens (tertiary/aromatic N) is 4. The molecule has 23 heavy (non-hydrogen) atoms. The maximum absolute atomic E-state index is 5.06. The second kappa shape index (κ2) is 7.02. The van der Waals surface area contributed by atoms with Gasteiger partial charge < -0.3 is 9.64 Å². The van der Waals surface area contributed by atoms with Gasteiger partial charge in [-0.05, 0) is 12.1 Å². The summed E-state index contributed by atoms with van der Waals surface area (Å²) in [5.41, 5.74) is 2.94. The molecule has 0 amide bonds. The Morgan fingerprint density at radius 1 is 1.09 bits per heavy atom. The van der Waals surface area contributed by atoms with Gasteiger partial charge in [0.2, 0.25) is 5.95 Å². The number of pyridine rings is 1. The van der Waals surface area contributed by atoms with E-state index in [4.69, 9.17) is 4.74 Å². The molecule has 0 saturated heterocycles. The molecule has 3 rings (SSSR count). The van der Waals surface area contributed by atoms with Crippen LogP contribution in [0.15, 0.2) is 48.7 Å². The predicted octanol–water partition coefficient (Wildman–Crippen LogP) is 2.62. The molecule has 1 aromatic carbocycles. The number of H-pyrrole nitrogens is 1. The number of anilines is 1. The first-order valence-corrected chi connectivity index (χ1v) is 7.42. The summed E-state index contributed by atoms with van der Waals surface area (Å²) in [7, 11) is 3.61. The Labute approximate surface area is 135 Å². The van der Waals surface area contributed by atoms with Gasteiger partial charge in [0.1, 0.15) is 0 Å². The zero-order valence-electron chi connectivity index (χ0n) is 13.2. The van der Waals surface area contributed by atoms with Crippen molar-refractivity contribution >= 4 is 5.95 Å². The number of rotatable bonds is 6. The minimum atomic E-state index is 0.633. The second-order valence-electron chi connectivity index (χ2n) is 5.20. The molecule has 0 bridgehead atoms. The minimum Gasteiger partial charge on any atom is -0.383 e. The lowest BCUT2D eigenvalue weighted by Crippen LogP contribution is -2.23. The molecule has 0 unspecified atom stereocenters. The van der Waals surface area contributed by atoms with E-state index in [1.54, 1.807) is 7.11 Å². The van der Waals surface area contributed by atoms with Crippen molar-refractivity contribution in [1.29, 1.82) is 0 Å². The van der Waals surface area contributed by atoms with Crippen LogP contribution in [0.1, 0.15) is 0 Å². The summed E-state index contributed by atoms with van der Waals surface area (Å²) in [5, 5.41) is 7.19. The highest BCUT2D eigenvalue weighted by atomic mass is 16.5. The molecule has 2 aromatic heterocycles. The molecular weight excluding hydrogens is 290 g/mol. The summed E-state index contributed by atoms with van der Waals surface area (Å²) in [4.78, 5) is 10.9. The molecule has 1 N–H and O–H groups in total. The van der Waals surface area contributed by atoms with Gasteiger partial charge in [0.05, 0.1) is 12.3 Å². The van der Waals surface area contributed by atoms with Crippen molar-refractivity contribution in [3.05, 3.63) is 48.7 Å². The Balaban J connectivity index is 1.76. The Morgan fingerprint density at radius 2 is 1.91 bits per heavy atom. The summed E-state index contributed by atoms with van der Waals surface area (Å²) in [6, 6.07) is 14.1. The fraction of sp³-hybridized carbons (Fsp3) is 0.235. The normalized spacial score (nSPS) is 10.7. The number of hydrogen-bond donors (Lipinski definition) is 1. The molecule has 3 aromatic rings. The van der Waals surface area contributed by atoms with Crippen LogP contribution in [0.25, 0.3) is 22.6 Å². The standard InChI is InChI=1S/C17H19N5O/c1-22(10-11-23-2)17-19-16(20-21-17)14-8-9-15(18-12-14)13-6-4-3-5-7-13/h3-9,12H,10-11H2,1-2H3,(H,19,20,21). The average molecular weight is 309 g/mol. The smallest absolute Gasteiger partial charge is 0.244 e. The van der Waals surface area contributed by atoms with Gasteiger partial charge in [0.15, 0.2) is 5.82 Å². The van der Waals surface area contributed by atoms with Crippen LogP contribution in [0.3, 0.4) is 0 Å². The Hall–Kier alpha value is -2.73. The van der Waals surface area contributed by atoms with Gasteiger partial charge in [-0.3, -0.25) is 10.1 Å². The molecule has 2 heterocycles. The maximum atomic E-state index is 5.06. The number of ether oxygens (including phenoxy) is 1. The fourth-order valence-corrected chi connectivity index (χ4v) is 2.19. The van der Waals surface area contributed by atoms with Crippen LogP contribution in [-0.2, 0) is 4.74 Å². The van der Waals surface area contributed by atoms with E-state index in [2.05, 4.69) is 20.2 Å². The van der Waals surface area contributed by atoms with Crippen LogP contribution in [-0.4, -0.2) is 47.5 Å². The SMILES string of the molecule is COCCN(C)c1n[nH]c(-c2ccc(-c3ccccc3)nc2)n1. The largest absolute Gasteiger partial charge is 0.383 e. The van der Waals surface area contributed by atoms with E-state index in [1.165, 1.54) is 0 Å². The third kappa shape index (κ3) is 3.54. The molecule has 118 valence electrons. The third-order valence-electron chi connectivity index (χ3n) is 3.55. The summed E-state index contributed by atoms with van der Waals surface area (Å²) < 4.78 is 5.06. The second-order valence-corrected chi connectivity index (χ2v) is 5.20. The zero-order chi connectivity index (χ0) is 16.1. The highest BCUT2D eigenvalue weighted by Gasteiger charge is 2.10.